The summed E-state index contributed by atoms with van der Waals surface area (Å²) in [5, 5.41) is 3.00. The summed E-state index contributed by atoms with van der Waals surface area (Å²) in [5.41, 5.74) is 5.89. The number of methoxy groups -OCH3 is 1. The molecule has 5 heteroatoms. The highest BCUT2D eigenvalue weighted by molar-refractivity contribution is 9.10. The normalized spacial score (nSPS) is 14.1. The quantitative estimate of drug-likeness (QED) is 0.873. The maximum absolute atomic E-state index is 12.4. The number of amides is 1. The number of ether oxygens (including phenoxy) is 1. The summed E-state index contributed by atoms with van der Waals surface area (Å²) in [6.45, 7) is 6.41. The van der Waals surface area contributed by atoms with Crippen molar-refractivity contribution in [3.05, 3.63) is 28.2 Å². The molecule has 1 aromatic rings. The van der Waals surface area contributed by atoms with E-state index in [1.807, 2.05) is 20.8 Å². The van der Waals surface area contributed by atoms with E-state index in [4.69, 9.17) is 10.5 Å². The number of nitrogens with two attached hydrogens (primary N) is 1. The SMILES string of the molecule is COc1ccc(Br)c(C(=O)NC(C)(CN)C(C)C)c1. The number of halogens is 1. The lowest BCUT2D eigenvalue weighted by Gasteiger charge is -2.33. The molecule has 0 bridgehead atoms. The van der Waals surface area contributed by atoms with Crippen molar-refractivity contribution in [2.24, 2.45) is 11.7 Å². The smallest absolute Gasteiger partial charge is 0.253 e. The van der Waals surface area contributed by atoms with E-state index in [0.717, 1.165) is 4.47 Å². The molecule has 0 aromatic heterocycles. The van der Waals surface area contributed by atoms with Crippen molar-refractivity contribution in [2.45, 2.75) is 26.3 Å². The molecule has 19 heavy (non-hydrogen) atoms. The molecule has 1 aromatic carbocycles. The molecular formula is C14H21BrN2O2. The first-order valence-corrected chi connectivity index (χ1v) is 6.99. The van der Waals surface area contributed by atoms with E-state index >= 15 is 0 Å². The minimum Gasteiger partial charge on any atom is -0.497 e. The fraction of sp³-hybridized carbons (Fsp3) is 0.500. The van der Waals surface area contributed by atoms with Crippen LogP contribution in [0.1, 0.15) is 31.1 Å². The average molecular weight is 329 g/mol. The summed E-state index contributed by atoms with van der Waals surface area (Å²) in [5.74, 6) is 0.727. The zero-order chi connectivity index (χ0) is 14.6. The van der Waals surface area contributed by atoms with Crippen LogP contribution in [-0.2, 0) is 0 Å². The Hall–Kier alpha value is -1.07. The Morgan fingerprint density at radius 1 is 1.53 bits per heavy atom. The van der Waals surface area contributed by atoms with Gasteiger partial charge < -0.3 is 15.8 Å². The zero-order valence-electron chi connectivity index (χ0n) is 11.8. The molecular weight excluding hydrogens is 308 g/mol. The van der Waals surface area contributed by atoms with E-state index in [1.54, 1.807) is 25.3 Å². The lowest BCUT2D eigenvalue weighted by atomic mass is 9.88. The molecule has 0 heterocycles. The van der Waals surface area contributed by atoms with Gasteiger partial charge in [-0.3, -0.25) is 4.79 Å². The van der Waals surface area contributed by atoms with E-state index in [-0.39, 0.29) is 11.8 Å². The summed E-state index contributed by atoms with van der Waals surface area (Å²) in [7, 11) is 1.57. The molecule has 0 aliphatic carbocycles. The Kier molecular flexibility index (Phi) is 5.38. The van der Waals surface area contributed by atoms with Gasteiger partial charge in [-0.2, -0.15) is 0 Å². The molecule has 0 aliphatic heterocycles. The Morgan fingerprint density at radius 2 is 2.16 bits per heavy atom. The molecule has 0 spiro atoms. The first-order chi connectivity index (χ1) is 8.84. The van der Waals surface area contributed by atoms with E-state index in [0.29, 0.717) is 17.9 Å². The van der Waals surface area contributed by atoms with Gasteiger partial charge in [-0.05, 0) is 47.0 Å². The lowest BCUT2D eigenvalue weighted by molar-refractivity contribution is 0.0882. The zero-order valence-corrected chi connectivity index (χ0v) is 13.4. The van der Waals surface area contributed by atoms with Gasteiger partial charge in [0.15, 0.2) is 0 Å². The number of nitrogens with one attached hydrogen (secondary N) is 1. The highest BCUT2D eigenvalue weighted by atomic mass is 79.9. The molecule has 3 N–H and O–H groups in total. The molecule has 1 amide bonds. The Labute approximate surface area is 122 Å². The number of hydrogen-bond donors (Lipinski definition) is 2. The van der Waals surface area contributed by atoms with Crippen molar-refractivity contribution < 1.29 is 9.53 Å². The Bertz CT molecular complexity index is 463. The van der Waals surface area contributed by atoms with Crippen LogP contribution in [0.5, 0.6) is 5.75 Å². The summed E-state index contributed by atoms with van der Waals surface area (Å²) >= 11 is 3.38. The Morgan fingerprint density at radius 3 is 2.63 bits per heavy atom. The van der Waals surface area contributed by atoms with Crippen molar-refractivity contribution in [1.29, 1.82) is 0 Å². The molecule has 0 fully saturated rings. The first-order valence-electron chi connectivity index (χ1n) is 6.20. The summed E-state index contributed by atoms with van der Waals surface area (Å²) in [6, 6.07) is 5.30. The molecule has 1 atom stereocenters. The van der Waals surface area contributed by atoms with Crippen LogP contribution in [0.3, 0.4) is 0 Å². The highest BCUT2D eigenvalue weighted by Crippen LogP contribution is 2.24. The number of carbonyl (C=O) groups excluding carboxylic acids is 1. The second kappa shape index (κ2) is 6.39. The third kappa shape index (κ3) is 3.70. The van der Waals surface area contributed by atoms with Crippen molar-refractivity contribution >= 4 is 21.8 Å². The molecule has 0 saturated carbocycles. The van der Waals surface area contributed by atoms with Crippen LogP contribution >= 0.6 is 15.9 Å². The average Bonchev–Trinajstić information content (AvgIpc) is 2.38. The standard InChI is InChI=1S/C14H21BrN2O2/c1-9(2)14(3,8-16)17-13(18)11-7-10(19-4)5-6-12(11)15/h5-7,9H,8,16H2,1-4H3,(H,17,18). The van der Waals surface area contributed by atoms with E-state index in [2.05, 4.69) is 21.2 Å². The maximum atomic E-state index is 12.4. The van der Waals surface area contributed by atoms with E-state index in [1.165, 1.54) is 0 Å². The van der Waals surface area contributed by atoms with Crippen molar-refractivity contribution in [3.63, 3.8) is 0 Å². The summed E-state index contributed by atoms with van der Waals surface area (Å²) in [4.78, 5) is 12.4. The van der Waals surface area contributed by atoms with Crippen LogP contribution < -0.4 is 15.8 Å². The third-order valence-electron chi connectivity index (χ3n) is 3.52. The Balaban J connectivity index is 3.01. The first kappa shape index (κ1) is 16.0. The minimum atomic E-state index is -0.431. The van der Waals surface area contributed by atoms with Crippen molar-refractivity contribution in [3.8, 4) is 5.75 Å². The molecule has 0 saturated heterocycles. The lowest BCUT2D eigenvalue weighted by Crippen LogP contribution is -2.55. The van der Waals surface area contributed by atoms with Crippen LogP contribution in [0.15, 0.2) is 22.7 Å². The molecule has 1 unspecified atom stereocenters. The van der Waals surface area contributed by atoms with Crippen LogP contribution in [0, 0.1) is 5.92 Å². The predicted molar refractivity (Wildman–Crippen MR) is 80.5 cm³/mol. The fourth-order valence-electron chi connectivity index (χ4n) is 1.56. The van der Waals surface area contributed by atoms with Crippen LogP contribution in [0.25, 0.3) is 0 Å². The van der Waals surface area contributed by atoms with Gasteiger partial charge >= 0.3 is 0 Å². The highest BCUT2D eigenvalue weighted by Gasteiger charge is 2.29. The van der Waals surface area contributed by atoms with E-state index < -0.39 is 5.54 Å². The molecule has 1 rings (SSSR count). The molecule has 106 valence electrons. The summed E-state index contributed by atoms with van der Waals surface area (Å²) < 4.78 is 5.87. The van der Waals surface area contributed by atoms with Gasteiger partial charge in [0, 0.05) is 11.0 Å². The van der Waals surface area contributed by atoms with Gasteiger partial charge in [0.25, 0.3) is 5.91 Å². The second-order valence-corrected chi connectivity index (χ2v) is 5.93. The van der Waals surface area contributed by atoms with Gasteiger partial charge in [-0.1, -0.05) is 13.8 Å². The largest absolute Gasteiger partial charge is 0.497 e. The number of rotatable bonds is 5. The van der Waals surface area contributed by atoms with Crippen LogP contribution in [-0.4, -0.2) is 25.1 Å². The van der Waals surface area contributed by atoms with E-state index in [9.17, 15) is 4.79 Å². The molecule has 0 radical (unpaired) electrons. The maximum Gasteiger partial charge on any atom is 0.253 e. The number of carbonyl (C=O) groups is 1. The third-order valence-corrected chi connectivity index (χ3v) is 4.21. The number of benzene rings is 1. The van der Waals surface area contributed by atoms with Gasteiger partial charge in [0.1, 0.15) is 5.75 Å². The fourth-order valence-corrected chi connectivity index (χ4v) is 1.99. The van der Waals surface area contributed by atoms with Gasteiger partial charge in [-0.25, -0.2) is 0 Å². The van der Waals surface area contributed by atoms with Crippen LogP contribution in [0.4, 0.5) is 0 Å². The minimum absolute atomic E-state index is 0.160. The van der Waals surface area contributed by atoms with Crippen LogP contribution in [0.2, 0.25) is 0 Å². The van der Waals surface area contributed by atoms with Gasteiger partial charge in [-0.15, -0.1) is 0 Å². The van der Waals surface area contributed by atoms with Crippen molar-refractivity contribution in [2.75, 3.05) is 13.7 Å². The topological polar surface area (TPSA) is 64.3 Å². The number of hydrogen-bond acceptors (Lipinski definition) is 3. The monoisotopic (exact) mass is 328 g/mol. The predicted octanol–water partition coefficient (Wildman–Crippen LogP) is 2.56. The van der Waals surface area contributed by atoms with Crippen molar-refractivity contribution in [1.82, 2.24) is 5.32 Å². The van der Waals surface area contributed by atoms with Gasteiger partial charge in [0.05, 0.1) is 18.2 Å². The second-order valence-electron chi connectivity index (χ2n) is 5.08. The molecule has 4 nitrogen and oxygen atoms in total. The molecule has 0 aliphatic rings. The van der Waals surface area contributed by atoms with Gasteiger partial charge in [0.2, 0.25) is 0 Å². The summed E-state index contributed by atoms with van der Waals surface area (Å²) in [6.07, 6.45) is 0.